The minimum atomic E-state index is 0.0665. The summed E-state index contributed by atoms with van der Waals surface area (Å²) in [6.45, 7) is 34.9. The van der Waals surface area contributed by atoms with E-state index >= 15 is 0 Å². The van der Waals surface area contributed by atoms with Crippen LogP contribution in [0, 0.1) is 45.3 Å². The first kappa shape index (κ1) is 37.0. The summed E-state index contributed by atoms with van der Waals surface area (Å²) in [5.74, 6) is 4.15. The van der Waals surface area contributed by atoms with Gasteiger partial charge in [-0.3, -0.25) is 4.79 Å². The Labute approximate surface area is 274 Å². The van der Waals surface area contributed by atoms with Crippen LogP contribution in [-0.2, 0) is 4.79 Å². The largest absolute Gasteiger partial charge is 0.386 e. The third-order valence-electron chi connectivity index (χ3n) is 12.3. The van der Waals surface area contributed by atoms with Crippen LogP contribution in [0.1, 0.15) is 159 Å². The van der Waals surface area contributed by atoms with Crippen molar-refractivity contribution in [2.75, 3.05) is 6.54 Å². The van der Waals surface area contributed by atoms with Gasteiger partial charge in [0.05, 0.1) is 0 Å². The van der Waals surface area contributed by atoms with Gasteiger partial charge in [0.25, 0.3) is 0 Å². The Bertz CT molecular complexity index is 1020. The molecule has 6 unspecified atom stereocenters. The van der Waals surface area contributed by atoms with Crippen molar-refractivity contribution >= 4 is 5.91 Å². The van der Waals surface area contributed by atoms with Gasteiger partial charge in [-0.05, 0) is 124 Å². The highest BCUT2D eigenvalue weighted by atomic mass is 16.1. The number of nitrogens with one attached hydrogen (secondary N) is 2. The zero-order valence-electron chi connectivity index (χ0n) is 30.7. The molecule has 44 heavy (non-hydrogen) atoms. The summed E-state index contributed by atoms with van der Waals surface area (Å²) in [6, 6.07) is 0.390. The number of carbonyl (C=O) groups is 1. The first-order chi connectivity index (χ1) is 20.3. The van der Waals surface area contributed by atoms with Crippen molar-refractivity contribution in [3.05, 3.63) is 36.6 Å². The summed E-state index contributed by atoms with van der Waals surface area (Å²) in [5, 5.41) is 7.23. The zero-order valence-corrected chi connectivity index (χ0v) is 30.7. The first-order valence-corrected chi connectivity index (χ1v) is 18.4. The van der Waals surface area contributed by atoms with Crippen molar-refractivity contribution in [2.24, 2.45) is 45.3 Å². The van der Waals surface area contributed by atoms with Crippen molar-refractivity contribution in [1.29, 1.82) is 0 Å². The van der Waals surface area contributed by atoms with E-state index in [0.29, 0.717) is 17.9 Å². The van der Waals surface area contributed by atoms with Gasteiger partial charge in [-0.2, -0.15) is 0 Å². The molecule has 0 aliphatic heterocycles. The van der Waals surface area contributed by atoms with E-state index in [-0.39, 0.29) is 22.2 Å². The van der Waals surface area contributed by atoms with Gasteiger partial charge < -0.3 is 10.6 Å². The second kappa shape index (κ2) is 14.9. The smallest absolute Gasteiger partial charge is 0.220 e. The van der Waals surface area contributed by atoms with Crippen LogP contribution in [0.3, 0.4) is 0 Å². The Balaban J connectivity index is 1.44. The van der Waals surface area contributed by atoms with E-state index in [2.05, 4.69) is 85.8 Å². The average molecular weight is 609 g/mol. The summed E-state index contributed by atoms with van der Waals surface area (Å²) in [5.41, 5.74) is 4.14. The Morgan fingerprint density at radius 2 is 1.52 bits per heavy atom. The van der Waals surface area contributed by atoms with Gasteiger partial charge in [-0.25, -0.2) is 0 Å². The molecule has 3 heteroatoms. The third-order valence-corrected chi connectivity index (χ3v) is 12.3. The minimum Gasteiger partial charge on any atom is -0.386 e. The van der Waals surface area contributed by atoms with Crippen LogP contribution < -0.4 is 10.6 Å². The molecule has 3 fully saturated rings. The van der Waals surface area contributed by atoms with E-state index in [9.17, 15) is 4.79 Å². The molecule has 0 bridgehead atoms. The predicted molar refractivity (Wildman–Crippen MR) is 191 cm³/mol. The molecular formula is C41H72N2O. The van der Waals surface area contributed by atoms with Crippen molar-refractivity contribution in [1.82, 2.24) is 10.6 Å². The number of unbranched alkanes of at least 4 members (excludes halogenated alkanes) is 1. The second-order valence-corrected chi connectivity index (χ2v) is 18.6. The van der Waals surface area contributed by atoms with E-state index in [1.807, 2.05) is 6.92 Å². The quantitative estimate of drug-likeness (QED) is 0.127. The first-order valence-electron chi connectivity index (χ1n) is 18.4. The molecule has 3 rings (SSSR count). The SMILES string of the molecule is C=C(C)C(=C)CCCCC(=O)NCC1(C)CC(NC(=C)C(C)(C)CCCC(C)(C)CC2CCC3C(C)CCC23)CC(C)(C)C1. The summed E-state index contributed by atoms with van der Waals surface area (Å²) >= 11 is 0. The molecule has 2 N–H and O–H groups in total. The lowest BCUT2D eigenvalue weighted by Gasteiger charge is -2.48. The van der Waals surface area contributed by atoms with Gasteiger partial charge >= 0.3 is 0 Å². The zero-order chi connectivity index (χ0) is 32.9. The number of hydrogen-bond donors (Lipinski definition) is 2. The molecule has 3 aliphatic carbocycles. The van der Waals surface area contributed by atoms with Crippen LogP contribution in [0.25, 0.3) is 0 Å². The van der Waals surface area contributed by atoms with E-state index in [1.54, 1.807) is 0 Å². The molecule has 0 saturated heterocycles. The van der Waals surface area contributed by atoms with Crippen LogP contribution in [0.4, 0.5) is 0 Å². The molecule has 1 amide bonds. The number of fused-ring (bicyclic) bond motifs is 1. The van der Waals surface area contributed by atoms with Crippen molar-refractivity contribution in [2.45, 2.75) is 165 Å². The van der Waals surface area contributed by atoms with Gasteiger partial charge in [-0.15, -0.1) is 0 Å². The lowest BCUT2D eigenvalue weighted by Crippen LogP contribution is -2.49. The summed E-state index contributed by atoms with van der Waals surface area (Å²) in [6.07, 6.45) is 17.8. The van der Waals surface area contributed by atoms with Gasteiger partial charge in [0.1, 0.15) is 0 Å². The average Bonchev–Trinajstić information content (AvgIpc) is 3.46. The Kier molecular flexibility index (Phi) is 12.5. The summed E-state index contributed by atoms with van der Waals surface area (Å²) < 4.78 is 0. The molecule has 252 valence electrons. The molecule has 0 aromatic carbocycles. The van der Waals surface area contributed by atoms with Crippen molar-refractivity contribution in [3.8, 4) is 0 Å². The van der Waals surface area contributed by atoms with Gasteiger partial charge in [-0.1, -0.05) is 99.1 Å². The maximum absolute atomic E-state index is 12.7. The van der Waals surface area contributed by atoms with Crippen LogP contribution in [-0.4, -0.2) is 18.5 Å². The lowest BCUT2D eigenvalue weighted by molar-refractivity contribution is -0.122. The normalized spacial score (nSPS) is 30.1. The molecular weight excluding hydrogens is 536 g/mol. The van der Waals surface area contributed by atoms with Crippen LogP contribution in [0.5, 0.6) is 0 Å². The molecule has 6 atom stereocenters. The molecule has 0 spiro atoms. The highest BCUT2D eigenvalue weighted by Gasteiger charge is 2.45. The molecule has 0 aromatic heterocycles. The number of rotatable bonds is 17. The Morgan fingerprint density at radius 1 is 0.864 bits per heavy atom. The predicted octanol–water partition coefficient (Wildman–Crippen LogP) is 11.2. The second-order valence-electron chi connectivity index (χ2n) is 18.6. The maximum atomic E-state index is 12.7. The van der Waals surface area contributed by atoms with Crippen LogP contribution in [0.15, 0.2) is 36.6 Å². The maximum Gasteiger partial charge on any atom is 0.220 e. The lowest BCUT2D eigenvalue weighted by atomic mass is 9.62. The Hall–Kier alpha value is -1.51. The van der Waals surface area contributed by atoms with Crippen LogP contribution in [0.2, 0.25) is 0 Å². The minimum absolute atomic E-state index is 0.0665. The molecule has 0 radical (unpaired) electrons. The summed E-state index contributed by atoms with van der Waals surface area (Å²) in [7, 11) is 0. The van der Waals surface area contributed by atoms with Gasteiger partial charge in [0.2, 0.25) is 5.91 Å². The highest BCUT2D eigenvalue weighted by Crippen LogP contribution is 2.54. The van der Waals surface area contributed by atoms with Gasteiger partial charge in [0.15, 0.2) is 0 Å². The fraction of sp³-hybridized carbons (Fsp3) is 0.829. The van der Waals surface area contributed by atoms with Gasteiger partial charge in [0, 0.05) is 30.1 Å². The number of hydrogen-bond acceptors (Lipinski definition) is 2. The summed E-state index contributed by atoms with van der Waals surface area (Å²) in [4.78, 5) is 12.7. The van der Waals surface area contributed by atoms with Crippen molar-refractivity contribution in [3.63, 3.8) is 0 Å². The number of amides is 1. The van der Waals surface area contributed by atoms with E-state index in [4.69, 9.17) is 0 Å². The monoisotopic (exact) mass is 609 g/mol. The molecule has 3 aliphatic rings. The molecule has 0 aromatic rings. The third kappa shape index (κ3) is 10.8. The van der Waals surface area contributed by atoms with Crippen molar-refractivity contribution < 1.29 is 4.79 Å². The standard InChI is InChI=1S/C41H72N2O/c1-29(2)30(3)16-13-14-17-37(44)42-28-41(12)26-34(25-39(8,9)27-41)43-32(5)40(10,11)23-15-22-38(6,7)24-33-19-21-35-31(4)18-20-36(33)35/h31,33-36,43H,1,3,5,13-28H2,2,4,6-12H3,(H,42,44). The fourth-order valence-corrected chi connectivity index (χ4v) is 9.78. The molecule has 3 saturated carbocycles. The molecule has 0 heterocycles. The topological polar surface area (TPSA) is 41.1 Å². The number of allylic oxidation sites excluding steroid dienone is 3. The molecule has 3 nitrogen and oxygen atoms in total. The highest BCUT2D eigenvalue weighted by molar-refractivity contribution is 5.75. The number of carbonyl (C=O) groups excluding carboxylic acids is 1. The van der Waals surface area contributed by atoms with E-state index in [1.165, 1.54) is 57.1 Å². The van der Waals surface area contributed by atoms with E-state index in [0.717, 1.165) is 79.9 Å². The van der Waals surface area contributed by atoms with Crippen LogP contribution >= 0.6 is 0 Å². The van der Waals surface area contributed by atoms with E-state index < -0.39 is 0 Å². The fourth-order valence-electron chi connectivity index (χ4n) is 9.78. The Morgan fingerprint density at radius 3 is 2.20 bits per heavy atom.